The van der Waals surface area contributed by atoms with Crippen molar-refractivity contribution in [3.05, 3.63) is 0 Å². The Morgan fingerprint density at radius 1 is 1.40 bits per heavy atom. The Labute approximate surface area is 89.3 Å². The molecule has 1 rings (SSSR count). The van der Waals surface area contributed by atoms with Gasteiger partial charge in [0.1, 0.15) is 9.84 Å². The molecule has 6 heteroatoms. The summed E-state index contributed by atoms with van der Waals surface area (Å²) in [6.07, 6.45) is 0.751. The predicted octanol–water partition coefficient (Wildman–Crippen LogP) is 0.303. The van der Waals surface area contributed by atoms with Crippen LogP contribution in [0.3, 0.4) is 0 Å². The molecule has 1 aliphatic rings. The van der Waals surface area contributed by atoms with Gasteiger partial charge >= 0.3 is 5.97 Å². The molecule has 0 bridgehead atoms. The summed E-state index contributed by atoms with van der Waals surface area (Å²) in [5.41, 5.74) is -0.494. The Kier molecular flexibility index (Phi) is 3.72. The fraction of sp³-hybridized carbons (Fsp3) is 0.889. The lowest BCUT2D eigenvalue weighted by atomic mass is 9.79. The monoisotopic (exact) mass is 236 g/mol. The molecule has 0 atom stereocenters. The van der Waals surface area contributed by atoms with Crippen LogP contribution < -0.4 is 0 Å². The zero-order valence-corrected chi connectivity index (χ0v) is 9.55. The number of hydrogen-bond donors (Lipinski definition) is 1. The third kappa shape index (κ3) is 3.46. The number of carboxylic acids is 1. The van der Waals surface area contributed by atoms with Gasteiger partial charge in [0.2, 0.25) is 0 Å². The van der Waals surface area contributed by atoms with Gasteiger partial charge in [-0.1, -0.05) is 0 Å². The SMILES string of the molecule is COCC1(CC(=O)O)CCS(=O)(=O)CC1. The molecule has 0 spiro atoms. The van der Waals surface area contributed by atoms with Crippen LogP contribution >= 0.6 is 0 Å². The first-order valence-corrected chi connectivity index (χ1v) is 6.62. The quantitative estimate of drug-likeness (QED) is 0.759. The average Bonchev–Trinajstić information content (AvgIpc) is 2.10. The highest BCUT2D eigenvalue weighted by Crippen LogP contribution is 2.36. The van der Waals surface area contributed by atoms with Crippen molar-refractivity contribution in [2.24, 2.45) is 5.41 Å². The lowest BCUT2D eigenvalue weighted by Gasteiger charge is -2.34. The summed E-state index contributed by atoms with van der Waals surface area (Å²) < 4.78 is 27.5. The Morgan fingerprint density at radius 2 is 1.93 bits per heavy atom. The van der Waals surface area contributed by atoms with Crippen molar-refractivity contribution in [1.29, 1.82) is 0 Å². The lowest BCUT2D eigenvalue weighted by molar-refractivity contribution is -0.141. The van der Waals surface area contributed by atoms with Crippen molar-refractivity contribution in [3.63, 3.8) is 0 Å². The first kappa shape index (κ1) is 12.4. The third-order valence-corrected chi connectivity index (χ3v) is 4.52. The fourth-order valence-corrected chi connectivity index (χ4v) is 3.66. The largest absolute Gasteiger partial charge is 0.481 e. The van der Waals surface area contributed by atoms with Gasteiger partial charge < -0.3 is 9.84 Å². The number of ether oxygens (including phenoxy) is 1. The average molecular weight is 236 g/mol. The molecule has 0 saturated carbocycles. The lowest BCUT2D eigenvalue weighted by Crippen LogP contribution is -2.38. The van der Waals surface area contributed by atoms with Crippen LogP contribution in [-0.4, -0.2) is 44.7 Å². The molecule has 1 fully saturated rings. The first-order valence-electron chi connectivity index (χ1n) is 4.80. The van der Waals surface area contributed by atoms with E-state index in [1.807, 2.05) is 0 Å². The molecule has 1 N–H and O–H groups in total. The van der Waals surface area contributed by atoms with Crippen LogP contribution in [0.2, 0.25) is 0 Å². The van der Waals surface area contributed by atoms with Crippen LogP contribution in [-0.2, 0) is 19.4 Å². The van der Waals surface area contributed by atoms with Crippen LogP contribution in [0, 0.1) is 5.41 Å². The number of methoxy groups -OCH3 is 1. The van der Waals surface area contributed by atoms with E-state index in [4.69, 9.17) is 9.84 Å². The van der Waals surface area contributed by atoms with E-state index in [2.05, 4.69) is 0 Å². The van der Waals surface area contributed by atoms with Gasteiger partial charge in [-0.15, -0.1) is 0 Å². The summed E-state index contributed by atoms with van der Waals surface area (Å²) in [5, 5.41) is 8.78. The summed E-state index contributed by atoms with van der Waals surface area (Å²) in [6.45, 7) is 0.314. The highest BCUT2D eigenvalue weighted by atomic mass is 32.2. The molecule has 88 valence electrons. The second-order valence-corrected chi connectivity index (χ2v) is 6.46. The Hall–Kier alpha value is -0.620. The van der Waals surface area contributed by atoms with Gasteiger partial charge in [-0.25, -0.2) is 8.42 Å². The van der Waals surface area contributed by atoms with Gasteiger partial charge in [0, 0.05) is 12.5 Å². The maximum atomic E-state index is 11.2. The standard InChI is InChI=1S/C9H16O5S/c1-14-7-9(6-8(10)11)2-4-15(12,13)5-3-9/h2-7H2,1H3,(H,10,11). The molecular formula is C9H16O5S. The van der Waals surface area contributed by atoms with E-state index >= 15 is 0 Å². The van der Waals surface area contributed by atoms with Gasteiger partial charge in [0.25, 0.3) is 0 Å². The van der Waals surface area contributed by atoms with Crippen molar-refractivity contribution in [1.82, 2.24) is 0 Å². The maximum Gasteiger partial charge on any atom is 0.303 e. The van der Waals surface area contributed by atoms with Gasteiger partial charge in [-0.2, -0.15) is 0 Å². The topological polar surface area (TPSA) is 80.7 Å². The van der Waals surface area contributed by atoms with E-state index in [0.717, 1.165) is 0 Å². The second-order valence-electron chi connectivity index (χ2n) is 4.16. The van der Waals surface area contributed by atoms with Crippen LogP contribution in [0.25, 0.3) is 0 Å². The molecule has 1 aliphatic heterocycles. The molecule has 0 aromatic heterocycles. The van der Waals surface area contributed by atoms with Crippen LogP contribution in [0.1, 0.15) is 19.3 Å². The molecule has 15 heavy (non-hydrogen) atoms. The van der Waals surface area contributed by atoms with Gasteiger partial charge in [0.05, 0.1) is 24.5 Å². The minimum Gasteiger partial charge on any atom is -0.481 e. The maximum absolute atomic E-state index is 11.2. The van der Waals surface area contributed by atoms with Gasteiger partial charge in [-0.05, 0) is 12.8 Å². The van der Waals surface area contributed by atoms with E-state index in [9.17, 15) is 13.2 Å². The molecule has 0 amide bonds. The summed E-state index contributed by atoms with van der Waals surface area (Å²) >= 11 is 0. The molecule has 1 saturated heterocycles. The minimum atomic E-state index is -2.96. The smallest absolute Gasteiger partial charge is 0.303 e. The Bertz CT molecular complexity index is 318. The molecule has 0 aromatic rings. The molecule has 1 heterocycles. The summed E-state index contributed by atoms with van der Waals surface area (Å²) in [7, 11) is -1.45. The van der Waals surface area contributed by atoms with Crippen molar-refractivity contribution >= 4 is 15.8 Å². The third-order valence-electron chi connectivity index (χ3n) is 2.86. The normalized spacial score (nSPS) is 23.5. The summed E-state index contributed by atoms with van der Waals surface area (Å²) in [6, 6.07) is 0. The van der Waals surface area contributed by atoms with Crippen molar-refractivity contribution < 1.29 is 23.1 Å². The predicted molar refractivity (Wildman–Crippen MR) is 54.4 cm³/mol. The number of hydrogen-bond acceptors (Lipinski definition) is 4. The highest BCUT2D eigenvalue weighted by molar-refractivity contribution is 7.91. The highest BCUT2D eigenvalue weighted by Gasteiger charge is 2.39. The van der Waals surface area contributed by atoms with Crippen LogP contribution in [0.15, 0.2) is 0 Å². The summed E-state index contributed by atoms with van der Waals surface area (Å²) in [4.78, 5) is 10.7. The van der Waals surface area contributed by atoms with Gasteiger partial charge in [-0.3, -0.25) is 4.79 Å². The zero-order chi connectivity index (χ0) is 11.5. The van der Waals surface area contributed by atoms with E-state index in [0.29, 0.717) is 19.4 Å². The Balaban J connectivity index is 2.72. The number of sulfone groups is 1. The number of carboxylic acid groups (broad SMARTS) is 1. The fourth-order valence-electron chi connectivity index (χ4n) is 1.97. The number of carbonyl (C=O) groups is 1. The Morgan fingerprint density at radius 3 is 2.33 bits per heavy atom. The minimum absolute atomic E-state index is 0.0175. The van der Waals surface area contributed by atoms with Crippen molar-refractivity contribution in [2.75, 3.05) is 25.2 Å². The van der Waals surface area contributed by atoms with E-state index in [1.165, 1.54) is 7.11 Å². The van der Waals surface area contributed by atoms with E-state index < -0.39 is 21.2 Å². The zero-order valence-electron chi connectivity index (χ0n) is 8.73. The van der Waals surface area contributed by atoms with E-state index in [1.54, 1.807) is 0 Å². The first-order chi connectivity index (χ1) is 6.89. The summed E-state index contributed by atoms with van der Waals surface area (Å²) in [5.74, 6) is -0.751. The molecule has 0 aliphatic carbocycles. The van der Waals surface area contributed by atoms with Crippen LogP contribution in [0.5, 0.6) is 0 Å². The number of rotatable bonds is 4. The second kappa shape index (κ2) is 4.49. The molecule has 0 aromatic carbocycles. The van der Waals surface area contributed by atoms with E-state index in [-0.39, 0.29) is 17.9 Å². The molecular weight excluding hydrogens is 220 g/mol. The van der Waals surface area contributed by atoms with Gasteiger partial charge in [0.15, 0.2) is 0 Å². The molecule has 0 radical (unpaired) electrons. The van der Waals surface area contributed by atoms with Crippen molar-refractivity contribution in [2.45, 2.75) is 19.3 Å². The molecule has 5 nitrogen and oxygen atoms in total. The van der Waals surface area contributed by atoms with Crippen molar-refractivity contribution in [3.8, 4) is 0 Å². The molecule has 0 unspecified atom stereocenters. The number of aliphatic carboxylic acids is 1. The van der Waals surface area contributed by atoms with Crippen LogP contribution in [0.4, 0.5) is 0 Å².